The Labute approximate surface area is 108 Å². The first kappa shape index (κ1) is 13.5. The van der Waals surface area contributed by atoms with Gasteiger partial charge >= 0.3 is 6.36 Å². The average molecular weight is 270 g/mol. The first-order chi connectivity index (χ1) is 8.76. The van der Waals surface area contributed by atoms with Crippen molar-refractivity contribution in [2.45, 2.75) is 20.2 Å². The summed E-state index contributed by atoms with van der Waals surface area (Å²) in [6, 6.07) is 6.16. The SMILES string of the molecule is Cc1cc(-c2ccc(OC(F)(F)F)cc2C)n(C)n1. The monoisotopic (exact) mass is 270 g/mol. The number of nitrogens with zero attached hydrogens (tertiary/aromatic N) is 2. The maximum atomic E-state index is 12.1. The zero-order valence-corrected chi connectivity index (χ0v) is 10.7. The summed E-state index contributed by atoms with van der Waals surface area (Å²) in [4.78, 5) is 0. The summed E-state index contributed by atoms with van der Waals surface area (Å²) in [6.45, 7) is 3.60. The molecule has 0 aliphatic heterocycles. The number of aromatic nitrogens is 2. The number of alkyl halides is 3. The van der Waals surface area contributed by atoms with E-state index in [4.69, 9.17) is 0 Å². The van der Waals surface area contributed by atoms with Crippen molar-refractivity contribution in [3.8, 4) is 17.0 Å². The Morgan fingerprint density at radius 3 is 2.32 bits per heavy atom. The highest BCUT2D eigenvalue weighted by Gasteiger charge is 2.31. The van der Waals surface area contributed by atoms with Gasteiger partial charge in [-0.15, -0.1) is 13.2 Å². The highest BCUT2D eigenvalue weighted by molar-refractivity contribution is 5.65. The van der Waals surface area contributed by atoms with Gasteiger partial charge in [0.15, 0.2) is 0 Å². The lowest BCUT2D eigenvalue weighted by molar-refractivity contribution is -0.274. The molecule has 1 heterocycles. The number of benzene rings is 1. The fraction of sp³-hybridized carbons (Fsp3) is 0.308. The summed E-state index contributed by atoms with van der Waals surface area (Å²) in [5.74, 6) is -0.215. The molecule has 1 aromatic heterocycles. The molecule has 0 radical (unpaired) electrons. The number of halogens is 3. The fourth-order valence-electron chi connectivity index (χ4n) is 1.98. The predicted octanol–water partition coefficient (Wildman–Crippen LogP) is 3.60. The molecule has 6 heteroatoms. The second-order valence-electron chi connectivity index (χ2n) is 4.32. The molecule has 0 fully saturated rings. The van der Waals surface area contributed by atoms with E-state index in [2.05, 4.69) is 9.84 Å². The zero-order chi connectivity index (χ0) is 14.2. The second kappa shape index (κ2) is 4.60. The van der Waals surface area contributed by atoms with Crippen molar-refractivity contribution >= 4 is 0 Å². The summed E-state index contributed by atoms with van der Waals surface area (Å²) in [7, 11) is 1.79. The van der Waals surface area contributed by atoms with E-state index < -0.39 is 6.36 Å². The lowest BCUT2D eigenvalue weighted by Crippen LogP contribution is -2.17. The summed E-state index contributed by atoms with van der Waals surface area (Å²) >= 11 is 0. The van der Waals surface area contributed by atoms with Crippen molar-refractivity contribution in [1.82, 2.24) is 9.78 Å². The van der Waals surface area contributed by atoms with E-state index in [9.17, 15) is 13.2 Å². The Morgan fingerprint density at radius 1 is 1.16 bits per heavy atom. The van der Waals surface area contributed by atoms with Crippen LogP contribution in [0.2, 0.25) is 0 Å². The van der Waals surface area contributed by atoms with Gasteiger partial charge in [0.2, 0.25) is 0 Å². The molecule has 0 aliphatic carbocycles. The summed E-state index contributed by atoms with van der Waals surface area (Å²) in [5.41, 5.74) is 3.24. The van der Waals surface area contributed by atoms with Crippen LogP contribution in [0.5, 0.6) is 5.75 Å². The van der Waals surface area contributed by atoms with Crippen molar-refractivity contribution in [3.05, 3.63) is 35.5 Å². The van der Waals surface area contributed by atoms with Gasteiger partial charge in [0.1, 0.15) is 5.75 Å². The van der Waals surface area contributed by atoms with E-state index >= 15 is 0 Å². The summed E-state index contributed by atoms with van der Waals surface area (Å²) < 4.78 is 42.0. The third kappa shape index (κ3) is 3.07. The van der Waals surface area contributed by atoms with Gasteiger partial charge in [0, 0.05) is 12.6 Å². The minimum Gasteiger partial charge on any atom is -0.406 e. The number of hydrogen-bond donors (Lipinski definition) is 0. The number of ether oxygens (including phenoxy) is 1. The molecule has 3 nitrogen and oxygen atoms in total. The van der Waals surface area contributed by atoms with Gasteiger partial charge in [-0.3, -0.25) is 4.68 Å². The Hall–Kier alpha value is -1.98. The Balaban J connectivity index is 2.37. The standard InChI is InChI=1S/C13H13F3N2O/c1-8-6-10(19-13(14,15)16)4-5-11(8)12-7-9(2)17-18(12)3/h4-7H,1-3H3. The van der Waals surface area contributed by atoms with Crippen LogP contribution in [0.15, 0.2) is 24.3 Å². The third-order valence-corrected chi connectivity index (χ3v) is 2.71. The molecular weight excluding hydrogens is 257 g/mol. The lowest BCUT2D eigenvalue weighted by atomic mass is 10.1. The summed E-state index contributed by atoms with van der Waals surface area (Å²) in [5, 5.41) is 4.22. The average Bonchev–Trinajstić information content (AvgIpc) is 2.55. The molecule has 0 spiro atoms. The number of hydrogen-bond acceptors (Lipinski definition) is 2. The van der Waals surface area contributed by atoms with Gasteiger partial charge in [-0.1, -0.05) is 0 Å². The van der Waals surface area contributed by atoms with Gasteiger partial charge in [-0.25, -0.2) is 0 Å². The van der Waals surface area contributed by atoms with Gasteiger partial charge in [0.25, 0.3) is 0 Å². The topological polar surface area (TPSA) is 27.1 Å². The van der Waals surface area contributed by atoms with Gasteiger partial charge in [0.05, 0.1) is 11.4 Å². The Morgan fingerprint density at radius 2 is 1.84 bits per heavy atom. The molecule has 0 unspecified atom stereocenters. The molecule has 2 rings (SSSR count). The van der Waals surface area contributed by atoms with Crippen LogP contribution in [-0.4, -0.2) is 16.1 Å². The van der Waals surface area contributed by atoms with Crippen molar-refractivity contribution in [3.63, 3.8) is 0 Å². The summed E-state index contributed by atoms with van der Waals surface area (Å²) in [6.07, 6.45) is -4.67. The largest absolute Gasteiger partial charge is 0.573 e. The van der Waals surface area contributed by atoms with Crippen LogP contribution < -0.4 is 4.74 Å². The molecule has 0 N–H and O–H groups in total. The van der Waals surface area contributed by atoms with E-state index in [1.54, 1.807) is 24.7 Å². The van der Waals surface area contributed by atoms with Crippen LogP contribution in [0.25, 0.3) is 11.3 Å². The van der Waals surface area contributed by atoms with Crippen LogP contribution in [0.3, 0.4) is 0 Å². The molecule has 19 heavy (non-hydrogen) atoms. The first-order valence-electron chi connectivity index (χ1n) is 5.64. The van der Waals surface area contributed by atoms with Crippen molar-refractivity contribution in [1.29, 1.82) is 0 Å². The molecule has 2 aromatic rings. The molecule has 0 bridgehead atoms. The van der Waals surface area contributed by atoms with Crippen LogP contribution in [-0.2, 0) is 7.05 Å². The molecule has 102 valence electrons. The van der Waals surface area contributed by atoms with Gasteiger partial charge in [-0.2, -0.15) is 5.10 Å². The van der Waals surface area contributed by atoms with E-state index in [1.807, 2.05) is 13.0 Å². The van der Waals surface area contributed by atoms with Crippen LogP contribution >= 0.6 is 0 Å². The van der Waals surface area contributed by atoms with Crippen LogP contribution in [0.4, 0.5) is 13.2 Å². The maximum Gasteiger partial charge on any atom is 0.573 e. The minimum atomic E-state index is -4.67. The van der Waals surface area contributed by atoms with E-state index in [1.165, 1.54) is 12.1 Å². The smallest absolute Gasteiger partial charge is 0.406 e. The molecule has 0 amide bonds. The Kier molecular flexibility index (Phi) is 3.26. The van der Waals surface area contributed by atoms with Crippen molar-refractivity contribution < 1.29 is 17.9 Å². The van der Waals surface area contributed by atoms with Crippen LogP contribution in [0, 0.1) is 13.8 Å². The van der Waals surface area contributed by atoms with Gasteiger partial charge in [-0.05, 0) is 43.7 Å². The van der Waals surface area contributed by atoms with Crippen molar-refractivity contribution in [2.24, 2.45) is 7.05 Å². The predicted molar refractivity (Wildman–Crippen MR) is 64.8 cm³/mol. The Bertz CT molecular complexity index is 602. The molecule has 0 saturated carbocycles. The number of rotatable bonds is 2. The first-order valence-corrected chi connectivity index (χ1v) is 5.64. The molecular formula is C13H13F3N2O. The quantitative estimate of drug-likeness (QED) is 0.833. The van der Waals surface area contributed by atoms with Crippen LogP contribution in [0.1, 0.15) is 11.3 Å². The molecule has 1 aromatic carbocycles. The molecule has 0 aliphatic rings. The number of aryl methyl sites for hydroxylation is 3. The lowest BCUT2D eigenvalue weighted by Gasteiger charge is -2.11. The minimum absolute atomic E-state index is 0.215. The highest BCUT2D eigenvalue weighted by atomic mass is 19.4. The molecule has 0 atom stereocenters. The third-order valence-electron chi connectivity index (χ3n) is 2.71. The van der Waals surface area contributed by atoms with E-state index in [0.717, 1.165) is 17.0 Å². The highest BCUT2D eigenvalue weighted by Crippen LogP contribution is 2.29. The normalized spacial score (nSPS) is 11.7. The maximum absolute atomic E-state index is 12.1. The van der Waals surface area contributed by atoms with E-state index in [0.29, 0.717) is 5.56 Å². The fourth-order valence-corrected chi connectivity index (χ4v) is 1.98. The zero-order valence-electron chi connectivity index (χ0n) is 10.7. The van der Waals surface area contributed by atoms with Crippen molar-refractivity contribution in [2.75, 3.05) is 0 Å². The second-order valence-corrected chi connectivity index (χ2v) is 4.32. The van der Waals surface area contributed by atoms with E-state index in [-0.39, 0.29) is 5.75 Å². The van der Waals surface area contributed by atoms with Gasteiger partial charge < -0.3 is 4.74 Å². The molecule has 0 saturated heterocycles.